The Bertz CT molecular complexity index is 281. The summed E-state index contributed by atoms with van der Waals surface area (Å²) in [6, 6.07) is 7.77. The van der Waals surface area contributed by atoms with Gasteiger partial charge in [-0.25, -0.2) is 0 Å². The maximum atomic E-state index is 9.64. The summed E-state index contributed by atoms with van der Waals surface area (Å²) in [7, 11) is 0. The van der Waals surface area contributed by atoms with Gasteiger partial charge in [-0.2, -0.15) is 0 Å². The van der Waals surface area contributed by atoms with E-state index in [1.165, 1.54) is 5.56 Å². The van der Waals surface area contributed by atoms with Crippen molar-refractivity contribution in [2.24, 2.45) is 0 Å². The summed E-state index contributed by atoms with van der Waals surface area (Å²) < 4.78 is 0. The number of hydrogen-bond acceptors (Lipinski definition) is 2. The van der Waals surface area contributed by atoms with E-state index >= 15 is 0 Å². The molecule has 0 saturated carbocycles. The van der Waals surface area contributed by atoms with Crippen LogP contribution < -0.4 is 0 Å². The Labute approximate surface area is 85.2 Å². The Morgan fingerprint density at radius 2 is 2.00 bits per heavy atom. The van der Waals surface area contributed by atoms with E-state index in [0.29, 0.717) is 0 Å². The van der Waals surface area contributed by atoms with Gasteiger partial charge in [0, 0.05) is 0 Å². The first-order valence-electron chi connectivity index (χ1n) is 5.10. The van der Waals surface area contributed by atoms with Crippen molar-refractivity contribution >= 4 is 0 Å². The number of aliphatic hydroxyl groups excluding tert-OH is 2. The van der Waals surface area contributed by atoms with Crippen LogP contribution in [0.5, 0.6) is 0 Å². The van der Waals surface area contributed by atoms with Gasteiger partial charge in [0.05, 0.1) is 6.10 Å². The highest BCUT2D eigenvalue weighted by molar-refractivity contribution is 5.25. The maximum Gasteiger partial charge on any atom is 0.105 e. The van der Waals surface area contributed by atoms with Crippen LogP contribution in [-0.2, 0) is 6.42 Å². The second kappa shape index (κ2) is 5.13. The van der Waals surface area contributed by atoms with Gasteiger partial charge >= 0.3 is 0 Å². The smallest absolute Gasteiger partial charge is 0.105 e. The predicted molar refractivity (Wildman–Crippen MR) is 57.1 cm³/mol. The lowest BCUT2D eigenvalue weighted by molar-refractivity contribution is 0.0305. The minimum absolute atomic E-state index is 0.716. The fourth-order valence-corrected chi connectivity index (χ4v) is 1.50. The van der Waals surface area contributed by atoms with Gasteiger partial charge < -0.3 is 10.2 Å². The number of rotatable bonds is 4. The van der Waals surface area contributed by atoms with E-state index in [-0.39, 0.29) is 0 Å². The lowest BCUT2D eigenvalue weighted by atomic mass is 10.0. The highest BCUT2D eigenvalue weighted by Gasteiger charge is 2.13. The minimum Gasteiger partial charge on any atom is -0.390 e. The highest BCUT2D eigenvalue weighted by Crippen LogP contribution is 2.18. The van der Waals surface area contributed by atoms with Crippen LogP contribution in [0.4, 0.5) is 0 Å². The first-order chi connectivity index (χ1) is 6.65. The molecule has 0 aliphatic heterocycles. The third-order valence-electron chi connectivity index (χ3n) is 2.29. The van der Waals surface area contributed by atoms with E-state index < -0.39 is 12.2 Å². The first-order valence-corrected chi connectivity index (χ1v) is 5.10. The predicted octanol–water partition coefficient (Wildman–Crippen LogP) is 2.05. The Hall–Kier alpha value is -0.860. The van der Waals surface area contributed by atoms with Crippen molar-refractivity contribution in [3.8, 4) is 0 Å². The molecular weight excluding hydrogens is 176 g/mol. The highest BCUT2D eigenvalue weighted by atomic mass is 16.3. The van der Waals surface area contributed by atoms with Crippen molar-refractivity contribution < 1.29 is 10.2 Å². The van der Waals surface area contributed by atoms with Crippen LogP contribution in [0.1, 0.15) is 37.5 Å². The van der Waals surface area contributed by atoms with Crippen LogP contribution in [-0.4, -0.2) is 16.3 Å². The van der Waals surface area contributed by atoms with Crippen molar-refractivity contribution in [3.05, 3.63) is 35.4 Å². The van der Waals surface area contributed by atoms with Crippen LogP contribution in [0, 0.1) is 0 Å². The van der Waals surface area contributed by atoms with Crippen molar-refractivity contribution in [2.45, 2.75) is 38.9 Å². The normalized spacial score (nSPS) is 15.1. The molecule has 1 aromatic carbocycles. The molecule has 0 aliphatic carbocycles. The molecule has 2 nitrogen and oxygen atoms in total. The zero-order valence-corrected chi connectivity index (χ0v) is 8.77. The summed E-state index contributed by atoms with van der Waals surface area (Å²) in [5.74, 6) is 0. The molecule has 0 bridgehead atoms. The van der Waals surface area contributed by atoms with E-state index in [9.17, 15) is 10.2 Å². The van der Waals surface area contributed by atoms with E-state index in [0.717, 1.165) is 18.4 Å². The fourth-order valence-electron chi connectivity index (χ4n) is 1.50. The Balaban J connectivity index is 2.82. The topological polar surface area (TPSA) is 40.5 Å². The van der Waals surface area contributed by atoms with Gasteiger partial charge in [0.1, 0.15) is 6.10 Å². The van der Waals surface area contributed by atoms with Crippen LogP contribution in [0.3, 0.4) is 0 Å². The molecule has 0 aromatic heterocycles. The van der Waals surface area contributed by atoms with Crippen LogP contribution in [0.25, 0.3) is 0 Å². The zero-order chi connectivity index (χ0) is 10.6. The average Bonchev–Trinajstić information content (AvgIpc) is 2.17. The minimum atomic E-state index is -0.771. The van der Waals surface area contributed by atoms with Crippen LogP contribution in [0.2, 0.25) is 0 Å². The van der Waals surface area contributed by atoms with Gasteiger partial charge in [-0.05, 0) is 24.5 Å². The number of benzene rings is 1. The van der Waals surface area contributed by atoms with E-state index in [2.05, 4.69) is 6.92 Å². The molecule has 1 aromatic rings. The lowest BCUT2D eigenvalue weighted by Gasteiger charge is -2.14. The molecule has 0 radical (unpaired) electrons. The Kier molecular flexibility index (Phi) is 4.11. The average molecular weight is 194 g/mol. The zero-order valence-electron chi connectivity index (χ0n) is 8.77. The summed E-state index contributed by atoms with van der Waals surface area (Å²) in [5.41, 5.74) is 2.01. The molecule has 1 rings (SSSR count). The SMILES string of the molecule is CCCc1cccc(C(O)C(C)O)c1. The Morgan fingerprint density at radius 1 is 1.29 bits per heavy atom. The molecule has 14 heavy (non-hydrogen) atoms. The standard InChI is InChI=1S/C12H18O2/c1-3-5-10-6-4-7-11(8-10)12(14)9(2)13/h4,6-9,12-14H,3,5H2,1-2H3. The van der Waals surface area contributed by atoms with Crippen LogP contribution >= 0.6 is 0 Å². The number of hydrogen-bond donors (Lipinski definition) is 2. The van der Waals surface area contributed by atoms with Crippen molar-refractivity contribution in [1.29, 1.82) is 0 Å². The lowest BCUT2D eigenvalue weighted by Crippen LogP contribution is -2.13. The Morgan fingerprint density at radius 3 is 2.57 bits per heavy atom. The summed E-state index contributed by atoms with van der Waals surface area (Å²) in [5, 5.41) is 18.9. The monoisotopic (exact) mass is 194 g/mol. The molecule has 0 fully saturated rings. The summed E-state index contributed by atoms with van der Waals surface area (Å²) in [4.78, 5) is 0. The van der Waals surface area contributed by atoms with Crippen LogP contribution in [0.15, 0.2) is 24.3 Å². The second-order valence-corrected chi connectivity index (χ2v) is 3.68. The van der Waals surface area contributed by atoms with Crippen molar-refractivity contribution in [2.75, 3.05) is 0 Å². The maximum absolute atomic E-state index is 9.64. The second-order valence-electron chi connectivity index (χ2n) is 3.68. The first kappa shape index (κ1) is 11.2. The molecule has 0 saturated heterocycles. The molecule has 2 N–H and O–H groups in total. The largest absolute Gasteiger partial charge is 0.390 e. The van der Waals surface area contributed by atoms with Gasteiger partial charge in [-0.3, -0.25) is 0 Å². The van der Waals surface area contributed by atoms with Gasteiger partial charge in [0.25, 0.3) is 0 Å². The quantitative estimate of drug-likeness (QED) is 0.770. The van der Waals surface area contributed by atoms with Crippen molar-refractivity contribution in [3.63, 3.8) is 0 Å². The van der Waals surface area contributed by atoms with E-state index in [1.54, 1.807) is 6.92 Å². The van der Waals surface area contributed by atoms with Crippen molar-refractivity contribution in [1.82, 2.24) is 0 Å². The molecule has 0 spiro atoms. The van der Waals surface area contributed by atoms with Gasteiger partial charge in [-0.15, -0.1) is 0 Å². The summed E-state index contributed by atoms with van der Waals surface area (Å²) >= 11 is 0. The van der Waals surface area contributed by atoms with Gasteiger partial charge in [-0.1, -0.05) is 37.6 Å². The van der Waals surface area contributed by atoms with E-state index in [1.807, 2.05) is 24.3 Å². The third-order valence-corrected chi connectivity index (χ3v) is 2.29. The molecule has 2 atom stereocenters. The molecule has 0 aliphatic rings. The summed E-state index contributed by atoms with van der Waals surface area (Å²) in [6.45, 7) is 3.72. The molecule has 2 heteroatoms. The number of aliphatic hydroxyl groups is 2. The van der Waals surface area contributed by atoms with E-state index in [4.69, 9.17) is 0 Å². The molecule has 0 amide bonds. The molecular formula is C12H18O2. The number of aryl methyl sites for hydroxylation is 1. The molecule has 78 valence electrons. The van der Waals surface area contributed by atoms with Gasteiger partial charge in [0.15, 0.2) is 0 Å². The third kappa shape index (κ3) is 2.82. The fraction of sp³-hybridized carbons (Fsp3) is 0.500. The molecule has 0 heterocycles. The summed E-state index contributed by atoms with van der Waals surface area (Å²) in [6.07, 6.45) is 0.618. The molecule has 2 unspecified atom stereocenters. The van der Waals surface area contributed by atoms with Gasteiger partial charge in [0.2, 0.25) is 0 Å².